The Kier molecular flexibility index (Phi) is 10.6. The van der Waals surface area contributed by atoms with Crippen molar-refractivity contribution >= 4 is 0 Å². The Morgan fingerprint density at radius 2 is 1.17 bits per heavy atom. The molecule has 0 aliphatic heterocycles. The van der Waals surface area contributed by atoms with Crippen LogP contribution in [0.5, 0.6) is 0 Å². The second-order valence-electron chi connectivity index (χ2n) is 10.4. The summed E-state index contributed by atoms with van der Waals surface area (Å²) in [6.07, 6.45) is 1.45. The number of aliphatic hydroxyl groups excluding tert-OH is 2. The molecule has 0 saturated heterocycles. The fraction of sp³-hybridized carbons (Fsp3) is 0.257. The van der Waals surface area contributed by atoms with Crippen molar-refractivity contribution in [1.29, 1.82) is 0 Å². The van der Waals surface area contributed by atoms with E-state index in [9.17, 15) is 10.2 Å². The zero-order valence-corrected chi connectivity index (χ0v) is 23.6. The molecule has 7 nitrogen and oxygen atoms in total. The fourth-order valence-electron chi connectivity index (χ4n) is 4.83. The first kappa shape index (κ1) is 29.4. The minimum atomic E-state index is -0.694. The van der Waals surface area contributed by atoms with Gasteiger partial charge in [-0.25, -0.2) is 4.68 Å². The van der Waals surface area contributed by atoms with E-state index >= 15 is 0 Å². The van der Waals surface area contributed by atoms with E-state index in [1.165, 1.54) is 11.1 Å². The van der Waals surface area contributed by atoms with E-state index in [0.29, 0.717) is 38.3 Å². The molecule has 2 atom stereocenters. The van der Waals surface area contributed by atoms with Crippen LogP contribution in [0.1, 0.15) is 16.8 Å². The minimum Gasteiger partial charge on any atom is -0.390 e. The summed E-state index contributed by atoms with van der Waals surface area (Å²) in [4.78, 5) is 0. The summed E-state index contributed by atoms with van der Waals surface area (Å²) in [5, 5.41) is 29.2. The van der Waals surface area contributed by atoms with E-state index in [1.54, 1.807) is 4.68 Å². The molecule has 0 radical (unpaired) electrons. The quantitative estimate of drug-likeness (QED) is 0.170. The van der Waals surface area contributed by atoms with Crippen molar-refractivity contribution in [2.75, 3.05) is 26.4 Å². The maximum atomic E-state index is 10.4. The number of aliphatic hydroxyl groups is 2. The van der Waals surface area contributed by atoms with Crippen LogP contribution < -0.4 is 0 Å². The molecule has 1 heterocycles. The number of benzene rings is 4. The lowest BCUT2D eigenvalue weighted by Crippen LogP contribution is -2.22. The third-order valence-electron chi connectivity index (χ3n) is 6.93. The van der Waals surface area contributed by atoms with Crippen molar-refractivity contribution in [1.82, 2.24) is 15.0 Å². The summed E-state index contributed by atoms with van der Waals surface area (Å²) in [5.41, 5.74) is 7.55. The molecular weight excluding hydrogens is 526 g/mol. The van der Waals surface area contributed by atoms with Crippen molar-refractivity contribution in [3.8, 4) is 22.3 Å². The molecule has 0 bridgehead atoms. The minimum absolute atomic E-state index is 0.172. The van der Waals surface area contributed by atoms with E-state index in [0.717, 1.165) is 22.3 Å². The Labute approximate surface area is 247 Å². The van der Waals surface area contributed by atoms with Gasteiger partial charge in [0.15, 0.2) is 0 Å². The van der Waals surface area contributed by atoms with E-state index in [2.05, 4.69) is 64.9 Å². The third kappa shape index (κ3) is 8.93. The zero-order valence-electron chi connectivity index (χ0n) is 23.6. The maximum Gasteiger partial charge on any atom is 0.0853 e. The Balaban J connectivity index is 0.960. The topological polar surface area (TPSA) is 89.6 Å². The zero-order chi connectivity index (χ0) is 29.0. The molecule has 216 valence electrons. The van der Waals surface area contributed by atoms with Gasteiger partial charge in [0.2, 0.25) is 0 Å². The summed E-state index contributed by atoms with van der Waals surface area (Å²) in [6, 6.07) is 37.1. The van der Waals surface area contributed by atoms with Crippen LogP contribution in [0.2, 0.25) is 0 Å². The molecule has 0 aliphatic carbocycles. The third-order valence-corrected chi connectivity index (χ3v) is 6.93. The maximum absolute atomic E-state index is 10.4. The first-order valence-electron chi connectivity index (χ1n) is 14.3. The molecule has 7 heteroatoms. The van der Waals surface area contributed by atoms with Gasteiger partial charge in [-0.15, -0.1) is 5.10 Å². The predicted molar refractivity (Wildman–Crippen MR) is 164 cm³/mol. The van der Waals surface area contributed by atoms with Gasteiger partial charge in [0, 0.05) is 19.0 Å². The van der Waals surface area contributed by atoms with E-state index in [1.807, 2.05) is 60.8 Å². The van der Waals surface area contributed by atoms with Gasteiger partial charge in [-0.2, -0.15) is 0 Å². The van der Waals surface area contributed by atoms with E-state index in [-0.39, 0.29) is 13.2 Å². The fourth-order valence-corrected chi connectivity index (χ4v) is 4.83. The lowest BCUT2D eigenvalue weighted by Gasteiger charge is -2.13. The van der Waals surface area contributed by atoms with Gasteiger partial charge in [0.1, 0.15) is 0 Å². The van der Waals surface area contributed by atoms with Crippen LogP contribution in [-0.2, 0) is 28.9 Å². The van der Waals surface area contributed by atoms with Crippen LogP contribution in [0.4, 0.5) is 0 Å². The van der Waals surface area contributed by atoms with Crippen molar-refractivity contribution in [3.05, 3.63) is 132 Å². The number of nitrogens with zero attached hydrogens (tertiary/aromatic N) is 3. The van der Waals surface area contributed by atoms with Crippen molar-refractivity contribution < 1.29 is 19.7 Å². The molecular formula is C35H37N3O4. The largest absolute Gasteiger partial charge is 0.390 e. The average Bonchev–Trinajstić information content (AvgIpc) is 3.46. The standard InChI is InChI=1S/C35H37N3O4/c39-34(21-27-14-16-31(17-15-27)29-9-3-1-4-10-29)25-41-18-19-42-26-35(40)22-33-24-38(37-36-33)23-28-8-7-13-32(20-28)30-11-5-2-6-12-30/h1-17,20,24,34-35,39-40H,18-19,21-23,25-26H2/t34-,35-/m0/s1. The normalized spacial score (nSPS) is 12.7. The van der Waals surface area contributed by atoms with Gasteiger partial charge in [-0.1, -0.05) is 108 Å². The van der Waals surface area contributed by atoms with Crippen molar-refractivity contribution in [3.63, 3.8) is 0 Å². The van der Waals surface area contributed by atoms with Gasteiger partial charge in [0.25, 0.3) is 0 Å². The Bertz CT molecular complexity index is 1490. The molecule has 0 amide bonds. The van der Waals surface area contributed by atoms with Gasteiger partial charge < -0.3 is 19.7 Å². The Morgan fingerprint density at radius 1 is 0.595 bits per heavy atom. The average molecular weight is 564 g/mol. The second kappa shape index (κ2) is 15.2. The second-order valence-corrected chi connectivity index (χ2v) is 10.4. The molecule has 1 aromatic heterocycles. The molecule has 2 N–H and O–H groups in total. The molecule has 0 unspecified atom stereocenters. The van der Waals surface area contributed by atoms with Gasteiger partial charge >= 0.3 is 0 Å². The summed E-state index contributed by atoms with van der Waals surface area (Å²) >= 11 is 0. The highest BCUT2D eigenvalue weighted by Crippen LogP contribution is 2.21. The summed E-state index contributed by atoms with van der Waals surface area (Å²) in [5.74, 6) is 0. The van der Waals surface area contributed by atoms with Crippen LogP contribution in [0.15, 0.2) is 115 Å². The summed E-state index contributed by atoms with van der Waals surface area (Å²) in [6.45, 7) is 1.67. The lowest BCUT2D eigenvalue weighted by atomic mass is 10.0. The summed E-state index contributed by atoms with van der Waals surface area (Å²) < 4.78 is 12.9. The number of aromatic nitrogens is 3. The molecule has 0 spiro atoms. The van der Waals surface area contributed by atoms with Crippen LogP contribution in [0, 0.1) is 0 Å². The van der Waals surface area contributed by atoms with E-state index in [4.69, 9.17) is 9.47 Å². The predicted octanol–water partition coefficient (Wildman–Crippen LogP) is 5.20. The molecule has 5 rings (SSSR count). The van der Waals surface area contributed by atoms with Crippen LogP contribution >= 0.6 is 0 Å². The number of rotatable bonds is 15. The van der Waals surface area contributed by atoms with Crippen molar-refractivity contribution in [2.45, 2.75) is 31.6 Å². The van der Waals surface area contributed by atoms with Crippen LogP contribution in [0.25, 0.3) is 22.3 Å². The Hall–Kier alpha value is -4.14. The highest BCUT2D eigenvalue weighted by atomic mass is 16.5. The Morgan fingerprint density at radius 3 is 1.83 bits per heavy atom. The monoisotopic (exact) mass is 563 g/mol. The number of hydrogen-bond acceptors (Lipinski definition) is 6. The molecule has 5 aromatic rings. The van der Waals surface area contributed by atoms with Crippen LogP contribution in [-0.4, -0.2) is 63.8 Å². The van der Waals surface area contributed by atoms with E-state index < -0.39 is 12.2 Å². The molecule has 0 aliphatic rings. The molecule has 0 fully saturated rings. The SMILES string of the molecule is O[C@H](COCCOC[C@@H](O)Cc1cn(Cc2cccc(-c3ccccc3)c2)nn1)Cc1ccc(-c2ccccc2)cc1. The number of ether oxygens (including phenoxy) is 2. The molecule has 42 heavy (non-hydrogen) atoms. The number of hydrogen-bond donors (Lipinski definition) is 2. The molecule has 0 saturated carbocycles. The van der Waals surface area contributed by atoms with Crippen LogP contribution in [0.3, 0.4) is 0 Å². The smallest absolute Gasteiger partial charge is 0.0853 e. The summed E-state index contributed by atoms with van der Waals surface area (Å²) in [7, 11) is 0. The highest BCUT2D eigenvalue weighted by Gasteiger charge is 2.11. The molecule has 4 aromatic carbocycles. The lowest BCUT2D eigenvalue weighted by molar-refractivity contribution is -0.0165. The first-order chi connectivity index (χ1) is 20.6. The van der Waals surface area contributed by atoms with Gasteiger partial charge in [0.05, 0.1) is 50.9 Å². The van der Waals surface area contributed by atoms with Gasteiger partial charge in [-0.05, 0) is 39.4 Å². The van der Waals surface area contributed by atoms with Crippen molar-refractivity contribution in [2.24, 2.45) is 0 Å². The first-order valence-corrected chi connectivity index (χ1v) is 14.3. The highest BCUT2D eigenvalue weighted by molar-refractivity contribution is 5.64. The van der Waals surface area contributed by atoms with Gasteiger partial charge in [-0.3, -0.25) is 0 Å².